The number of carbonyl (C=O) groups is 1. The summed E-state index contributed by atoms with van der Waals surface area (Å²) in [4.78, 5) is 12.0. The van der Waals surface area contributed by atoms with Crippen LogP contribution >= 0.6 is 0 Å². The predicted molar refractivity (Wildman–Crippen MR) is 146 cm³/mol. The second kappa shape index (κ2) is 13.5. The SMILES string of the molecule is C=C(CNC1CCC1)Nc1ccc(C#Cc2ccc(/C(=C\CC)NC(C(=O)NO)C(C)N)cc2)cc1. The summed E-state index contributed by atoms with van der Waals surface area (Å²) in [6.07, 6.45) is 6.58. The van der Waals surface area contributed by atoms with E-state index in [0.717, 1.165) is 46.7 Å². The molecule has 1 aliphatic carbocycles. The van der Waals surface area contributed by atoms with E-state index in [1.165, 1.54) is 19.3 Å². The minimum absolute atomic E-state index is 0.494. The van der Waals surface area contributed by atoms with Crippen molar-refractivity contribution >= 4 is 17.3 Å². The number of allylic oxidation sites excluding steroid dienone is 1. The highest BCUT2D eigenvalue weighted by Crippen LogP contribution is 2.19. The van der Waals surface area contributed by atoms with Crippen molar-refractivity contribution in [2.24, 2.45) is 5.73 Å². The van der Waals surface area contributed by atoms with Gasteiger partial charge in [0.05, 0.1) is 0 Å². The van der Waals surface area contributed by atoms with Crippen molar-refractivity contribution in [3.05, 3.63) is 83.6 Å². The number of hydrogen-bond acceptors (Lipinski definition) is 6. The predicted octanol–water partition coefficient (Wildman–Crippen LogP) is 3.72. The van der Waals surface area contributed by atoms with E-state index in [1.54, 1.807) is 12.4 Å². The third-order valence-corrected chi connectivity index (χ3v) is 6.10. The molecule has 190 valence electrons. The lowest BCUT2D eigenvalue weighted by molar-refractivity contribution is -0.131. The molecule has 1 amide bonds. The Bertz CT molecular complexity index is 1110. The second-order valence-electron chi connectivity index (χ2n) is 9.13. The van der Waals surface area contributed by atoms with E-state index in [9.17, 15) is 4.79 Å². The van der Waals surface area contributed by atoms with Crippen LogP contribution in [0.25, 0.3) is 5.70 Å². The normalized spacial score (nSPS) is 15.1. The van der Waals surface area contributed by atoms with Crippen molar-refractivity contribution < 1.29 is 10.0 Å². The second-order valence-corrected chi connectivity index (χ2v) is 9.13. The fourth-order valence-electron chi connectivity index (χ4n) is 3.78. The molecule has 7 heteroatoms. The molecular weight excluding hydrogens is 450 g/mol. The molecule has 2 unspecified atom stereocenters. The third kappa shape index (κ3) is 7.99. The van der Waals surface area contributed by atoms with Gasteiger partial charge in [-0.05, 0) is 68.1 Å². The van der Waals surface area contributed by atoms with Crippen molar-refractivity contribution in [3.63, 3.8) is 0 Å². The molecule has 0 spiro atoms. The molecule has 2 aromatic carbocycles. The lowest BCUT2D eigenvalue weighted by Gasteiger charge is -2.27. The number of nitrogens with one attached hydrogen (secondary N) is 4. The van der Waals surface area contributed by atoms with Gasteiger partial charge in [0.25, 0.3) is 5.91 Å². The smallest absolute Gasteiger partial charge is 0.267 e. The zero-order chi connectivity index (χ0) is 25.9. The van der Waals surface area contributed by atoms with Gasteiger partial charge in [0.15, 0.2) is 0 Å². The fraction of sp³-hybridized carbons (Fsp3) is 0.345. The highest BCUT2D eigenvalue weighted by atomic mass is 16.5. The highest BCUT2D eigenvalue weighted by molar-refractivity contribution is 5.83. The summed E-state index contributed by atoms with van der Waals surface area (Å²) in [7, 11) is 0. The van der Waals surface area contributed by atoms with Crippen LogP contribution in [-0.4, -0.2) is 35.8 Å². The molecular formula is C29H37N5O2. The maximum absolute atomic E-state index is 12.0. The molecule has 3 rings (SSSR count). The van der Waals surface area contributed by atoms with Crippen LogP contribution in [0.15, 0.2) is 66.9 Å². The lowest BCUT2D eigenvalue weighted by atomic mass is 9.93. The first-order valence-electron chi connectivity index (χ1n) is 12.5. The van der Waals surface area contributed by atoms with Crippen molar-refractivity contribution in [1.29, 1.82) is 0 Å². The summed E-state index contributed by atoms with van der Waals surface area (Å²) < 4.78 is 0. The van der Waals surface area contributed by atoms with Crippen molar-refractivity contribution in [3.8, 4) is 11.8 Å². The Morgan fingerprint density at radius 2 is 1.75 bits per heavy atom. The lowest BCUT2D eigenvalue weighted by Crippen LogP contribution is -2.52. The number of carbonyl (C=O) groups excluding carboxylic acids is 1. The van der Waals surface area contributed by atoms with Crippen LogP contribution in [-0.2, 0) is 4.79 Å². The van der Waals surface area contributed by atoms with Crippen molar-refractivity contribution in [2.75, 3.05) is 11.9 Å². The number of hydroxylamine groups is 1. The van der Waals surface area contributed by atoms with Crippen molar-refractivity contribution in [2.45, 2.75) is 57.7 Å². The third-order valence-electron chi connectivity index (χ3n) is 6.10. The molecule has 0 aromatic heterocycles. The fourth-order valence-corrected chi connectivity index (χ4v) is 3.78. The van der Waals surface area contributed by atoms with Gasteiger partial charge in [0, 0.05) is 46.8 Å². The summed E-state index contributed by atoms with van der Waals surface area (Å²) in [6.45, 7) is 8.59. The average Bonchev–Trinajstić information content (AvgIpc) is 2.85. The first-order chi connectivity index (χ1) is 17.4. The van der Waals surface area contributed by atoms with Gasteiger partial charge in [-0.25, -0.2) is 5.48 Å². The maximum atomic E-state index is 12.0. The molecule has 2 atom stereocenters. The number of benzene rings is 2. The first-order valence-corrected chi connectivity index (χ1v) is 12.5. The molecule has 1 fully saturated rings. The summed E-state index contributed by atoms with van der Waals surface area (Å²) >= 11 is 0. The van der Waals surface area contributed by atoms with Gasteiger partial charge in [0.1, 0.15) is 6.04 Å². The number of amides is 1. The van der Waals surface area contributed by atoms with Crippen LogP contribution in [0.2, 0.25) is 0 Å². The average molecular weight is 488 g/mol. The number of rotatable bonds is 11. The van der Waals surface area contributed by atoms with Gasteiger partial charge in [0.2, 0.25) is 0 Å². The molecule has 1 aliphatic rings. The highest BCUT2D eigenvalue weighted by Gasteiger charge is 2.23. The van der Waals surface area contributed by atoms with Crippen LogP contribution in [0.3, 0.4) is 0 Å². The Kier molecular flexibility index (Phi) is 10.1. The standard InChI is InChI=1S/C29H37N5O2/c1-4-6-27(33-28(21(3)30)29(35)34-36)24-15-11-22(12-16-24)9-10-23-13-17-26(18-14-23)32-20(2)19-31-25-7-5-8-25/h6,11-18,21,25,28,31-33,36H,2,4-5,7-8,19,30H2,1,3H3,(H,34,35)/b27-6+. The summed E-state index contributed by atoms with van der Waals surface area (Å²) in [5.74, 6) is 5.82. The Hall–Kier alpha value is -3.57. The molecule has 1 saturated carbocycles. The molecule has 0 radical (unpaired) electrons. The van der Waals surface area contributed by atoms with E-state index in [4.69, 9.17) is 10.9 Å². The van der Waals surface area contributed by atoms with Crippen LogP contribution in [0.1, 0.15) is 56.2 Å². The van der Waals surface area contributed by atoms with E-state index < -0.39 is 18.0 Å². The van der Waals surface area contributed by atoms with Gasteiger partial charge >= 0.3 is 0 Å². The van der Waals surface area contributed by atoms with E-state index >= 15 is 0 Å². The monoisotopic (exact) mass is 487 g/mol. The largest absolute Gasteiger partial charge is 0.372 e. The van der Waals surface area contributed by atoms with Crippen LogP contribution in [0.4, 0.5) is 5.69 Å². The number of anilines is 1. The van der Waals surface area contributed by atoms with Crippen LogP contribution in [0, 0.1) is 11.8 Å². The van der Waals surface area contributed by atoms with Gasteiger partial charge in [-0.1, -0.05) is 50.0 Å². The zero-order valence-corrected chi connectivity index (χ0v) is 21.1. The Morgan fingerprint density at radius 1 is 1.14 bits per heavy atom. The molecule has 0 bridgehead atoms. The first kappa shape index (κ1) is 27.0. The van der Waals surface area contributed by atoms with Crippen LogP contribution in [0.5, 0.6) is 0 Å². The molecule has 0 aliphatic heterocycles. The zero-order valence-electron chi connectivity index (χ0n) is 21.1. The van der Waals surface area contributed by atoms with Crippen LogP contribution < -0.4 is 27.2 Å². The Labute approximate surface area is 214 Å². The molecule has 0 saturated heterocycles. The van der Waals surface area contributed by atoms with Gasteiger partial charge in [-0.3, -0.25) is 10.0 Å². The minimum Gasteiger partial charge on any atom is -0.372 e. The molecule has 36 heavy (non-hydrogen) atoms. The number of hydrogen-bond donors (Lipinski definition) is 6. The summed E-state index contributed by atoms with van der Waals surface area (Å²) in [5.41, 5.74) is 13.0. The number of nitrogens with two attached hydrogens (primary N) is 1. The quantitative estimate of drug-likeness (QED) is 0.164. The van der Waals surface area contributed by atoms with E-state index in [-0.39, 0.29) is 0 Å². The summed E-state index contributed by atoms with van der Waals surface area (Å²) in [5, 5.41) is 19.0. The Morgan fingerprint density at radius 3 is 2.25 bits per heavy atom. The molecule has 0 heterocycles. The van der Waals surface area contributed by atoms with E-state index in [0.29, 0.717) is 6.04 Å². The van der Waals surface area contributed by atoms with E-state index in [1.807, 2.05) is 61.5 Å². The molecule has 2 aromatic rings. The maximum Gasteiger partial charge on any atom is 0.267 e. The van der Waals surface area contributed by atoms with Crippen molar-refractivity contribution in [1.82, 2.24) is 16.1 Å². The Balaban J connectivity index is 1.60. The molecule has 7 nitrogen and oxygen atoms in total. The molecule has 7 N–H and O–H groups in total. The van der Waals surface area contributed by atoms with Gasteiger partial charge < -0.3 is 21.7 Å². The van der Waals surface area contributed by atoms with Gasteiger partial charge in [-0.2, -0.15) is 0 Å². The van der Waals surface area contributed by atoms with E-state index in [2.05, 4.69) is 34.4 Å². The minimum atomic E-state index is -0.763. The summed E-state index contributed by atoms with van der Waals surface area (Å²) in [6, 6.07) is 15.1. The topological polar surface area (TPSA) is 111 Å². The van der Waals surface area contributed by atoms with Gasteiger partial charge in [-0.15, -0.1) is 0 Å².